The van der Waals surface area contributed by atoms with Crippen LogP contribution in [0, 0.1) is 0 Å². The van der Waals surface area contributed by atoms with Crippen LogP contribution in [0.5, 0.6) is 0 Å². The molecule has 0 aliphatic rings. The minimum atomic E-state index is 0. The van der Waals surface area contributed by atoms with Gasteiger partial charge in [0, 0.05) is 19.5 Å². The van der Waals surface area contributed by atoms with E-state index < -0.39 is 0 Å². The van der Waals surface area contributed by atoms with Crippen LogP contribution in [0.15, 0.2) is 13.2 Å². The third kappa shape index (κ3) is 17.0. The van der Waals surface area contributed by atoms with Gasteiger partial charge in [-0.2, -0.15) is 0 Å². The number of hydrogen-bond donors (Lipinski definition) is 0. The van der Waals surface area contributed by atoms with Crippen molar-refractivity contribution < 1.29 is 31.9 Å². The van der Waals surface area contributed by atoms with Crippen molar-refractivity contribution in [3.05, 3.63) is 13.2 Å². The molecule has 1 radical (unpaired) electrons. The summed E-state index contributed by atoms with van der Waals surface area (Å²) in [5, 5.41) is 0. The first-order chi connectivity index (χ1) is 1.00. The van der Waals surface area contributed by atoms with Crippen LogP contribution in [0.2, 0.25) is 0 Å². The minimum absolute atomic E-state index is 0. The fourth-order valence-electron chi connectivity index (χ4n) is 0. The normalized spacial score (nSPS) is 1.00. The largest absolute Gasteiger partial charge is 1.00 e. The van der Waals surface area contributed by atoms with Crippen molar-refractivity contribution in [3.8, 4) is 0 Å². The maximum absolute atomic E-state index is 3.00. The molecule has 0 aromatic carbocycles. The second kappa shape index (κ2) is 60.3. The molecule has 0 saturated heterocycles. The molecule has 0 bridgehead atoms. The van der Waals surface area contributed by atoms with Crippen molar-refractivity contribution in [2.45, 2.75) is 0 Å². The molecule has 4 heavy (non-hydrogen) atoms. The molecule has 0 heterocycles. The zero-order valence-corrected chi connectivity index (χ0v) is 4.52. The Labute approximate surface area is 45.5 Å². The van der Waals surface area contributed by atoms with E-state index in [-0.39, 0.29) is 31.9 Å². The van der Waals surface area contributed by atoms with Crippen molar-refractivity contribution in [2.75, 3.05) is 0 Å². The Morgan fingerprint density at radius 3 is 1.00 bits per heavy atom. The molecule has 2 heteroatoms. The van der Waals surface area contributed by atoms with Crippen LogP contribution in [0.4, 0.5) is 0 Å². The van der Waals surface area contributed by atoms with Gasteiger partial charge in [-0.05, 0) is 0 Å². The number of rotatable bonds is 0. The molecule has 29 valence electrons. The molecule has 0 spiro atoms. The van der Waals surface area contributed by atoms with E-state index in [0.717, 1.165) is 0 Å². The third-order valence-electron chi connectivity index (χ3n) is 0. The smallest absolute Gasteiger partial charge is 0 e. The Hall–Kier alpha value is 0.653. The van der Waals surface area contributed by atoms with E-state index in [4.69, 9.17) is 0 Å². The zero-order valence-electron chi connectivity index (χ0n) is 2.13. The molecule has 0 atom stereocenters. The molecular weight excluding hydrogens is 162 g/mol. The van der Waals surface area contributed by atoms with Crippen LogP contribution >= 0.6 is 0 Å². The molecule has 0 aromatic rings. The number of halogens is 1. The molecule has 0 unspecified atom stereocenters. The maximum atomic E-state index is 3.00. The predicted octanol–water partition coefficient (Wildman–Crippen LogP) is -2.20. The van der Waals surface area contributed by atoms with Crippen LogP contribution in [-0.4, -0.2) is 0 Å². The van der Waals surface area contributed by atoms with Gasteiger partial charge in [-0.15, -0.1) is 13.2 Å². The molecule has 0 saturated carbocycles. The van der Waals surface area contributed by atoms with E-state index in [2.05, 4.69) is 13.2 Å². The van der Waals surface area contributed by atoms with Gasteiger partial charge in [-0.1, -0.05) is 0 Å². The minimum Gasteiger partial charge on any atom is -1.00 e. The summed E-state index contributed by atoms with van der Waals surface area (Å²) in [6, 6.07) is 0. The summed E-state index contributed by atoms with van der Waals surface area (Å²) in [4.78, 5) is 0. The maximum Gasteiger partial charge on any atom is 0 e. The summed E-state index contributed by atoms with van der Waals surface area (Å²) in [5.74, 6) is 0. The molecule has 0 rings (SSSR count). The van der Waals surface area contributed by atoms with Gasteiger partial charge in [0.25, 0.3) is 0 Å². The van der Waals surface area contributed by atoms with Crippen LogP contribution in [0.1, 0.15) is 0 Å². The van der Waals surface area contributed by atoms with Crippen molar-refractivity contribution in [3.63, 3.8) is 0 Å². The molecule has 0 nitrogen and oxygen atoms in total. The fourth-order valence-corrected chi connectivity index (χ4v) is 0. The summed E-state index contributed by atoms with van der Waals surface area (Å²) in [5.41, 5.74) is 0. The first-order valence-corrected chi connectivity index (χ1v) is 0.500. The van der Waals surface area contributed by atoms with Crippen molar-refractivity contribution >= 4 is 0 Å². The number of hydrogen-bond acceptors (Lipinski definition) is 0. The van der Waals surface area contributed by atoms with Crippen LogP contribution in [0.25, 0.3) is 0 Å². The quantitative estimate of drug-likeness (QED) is 0.283. The van der Waals surface area contributed by atoms with Gasteiger partial charge in [0.1, 0.15) is 0 Å². The van der Waals surface area contributed by atoms with Crippen LogP contribution in [0.3, 0.4) is 0 Å². The summed E-state index contributed by atoms with van der Waals surface area (Å²) in [6.07, 6.45) is 0. The summed E-state index contributed by atoms with van der Waals surface area (Å²) in [6.45, 7) is 6.00. The second-order valence-corrected chi connectivity index (χ2v) is 0. The van der Waals surface area contributed by atoms with Crippen molar-refractivity contribution in [1.29, 1.82) is 0 Å². The summed E-state index contributed by atoms with van der Waals surface area (Å²) >= 11 is 0. The molecule has 0 aliphatic carbocycles. The standard InChI is InChI=1S/C2H4.ClH.Rh/c1-2;;/h1-2H2;1H;/p-1. The SMILES string of the molecule is C=C.[Cl-].[Rh]. The van der Waals surface area contributed by atoms with E-state index in [1.54, 1.807) is 0 Å². The van der Waals surface area contributed by atoms with E-state index in [9.17, 15) is 0 Å². The van der Waals surface area contributed by atoms with Gasteiger partial charge < -0.3 is 12.4 Å². The molecular formula is C2H4ClRh-. The van der Waals surface area contributed by atoms with E-state index >= 15 is 0 Å². The van der Waals surface area contributed by atoms with Gasteiger partial charge in [0.05, 0.1) is 0 Å². The van der Waals surface area contributed by atoms with Crippen molar-refractivity contribution in [1.82, 2.24) is 0 Å². The first-order valence-electron chi connectivity index (χ1n) is 0.500. The van der Waals surface area contributed by atoms with E-state index in [1.807, 2.05) is 0 Å². The van der Waals surface area contributed by atoms with E-state index in [0.29, 0.717) is 0 Å². The molecule has 0 fully saturated rings. The second-order valence-electron chi connectivity index (χ2n) is 0. The Morgan fingerprint density at radius 2 is 1.00 bits per heavy atom. The zero-order chi connectivity index (χ0) is 2.00. The fraction of sp³-hybridized carbons (Fsp3) is 0. The Bertz CT molecular complexity index is 6.00. The van der Waals surface area contributed by atoms with Gasteiger partial charge in [-0.25, -0.2) is 0 Å². The monoisotopic (exact) mass is 166 g/mol. The molecule has 0 aliphatic heterocycles. The van der Waals surface area contributed by atoms with Crippen molar-refractivity contribution in [2.24, 2.45) is 0 Å². The Kier molecular flexibility index (Phi) is 342. The predicted molar refractivity (Wildman–Crippen MR) is 11.3 cm³/mol. The average molecular weight is 166 g/mol. The van der Waals surface area contributed by atoms with Gasteiger partial charge in [0.15, 0.2) is 0 Å². The van der Waals surface area contributed by atoms with E-state index in [1.165, 1.54) is 0 Å². The van der Waals surface area contributed by atoms with Gasteiger partial charge in [-0.3, -0.25) is 0 Å². The van der Waals surface area contributed by atoms with Gasteiger partial charge in [0.2, 0.25) is 0 Å². The topological polar surface area (TPSA) is 0 Å². The average Bonchev–Trinajstić information content (AvgIpc) is 1.00. The summed E-state index contributed by atoms with van der Waals surface area (Å²) in [7, 11) is 0. The Balaban J connectivity index is -0.00000000500. The molecule has 0 amide bonds. The molecule has 0 N–H and O–H groups in total. The van der Waals surface area contributed by atoms with Crippen LogP contribution < -0.4 is 12.4 Å². The van der Waals surface area contributed by atoms with Crippen LogP contribution in [-0.2, 0) is 19.5 Å². The molecule has 0 aromatic heterocycles. The first kappa shape index (κ1) is 22.7. The summed E-state index contributed by atoms with van der Waals surface area (Å²) < 4.78 is 0. The van der Waals surface area contributed by atoms with Gasteiger partial charge >= 0.3 is 0 Å². The third-order valence-corrected chi connectivity index (χ3v) is 0. The Morgan fingerprint density at radius 1 is 1.00 bits per heavy atom.